The lowest BCUT2D eigenvalue weighted by molar-refractivity contribution is 0.0377. The molecule has 1 fully saturated rings. The Morgan fingerprint density at radius 3 is 2.19 bits per heavy atom. The number of aromatic nitrogens is 4. The van der Waals surface area contributed by atoms with Gasteiger partial charge in [0.05, 0.1) is 11.2 Å². The molecule has 2 aliphatic rings. The normalized spacial score (nSPS) is 15.0. The number of hydrogen-bond acceptors (Lipinski definition) is 6. The molecule has 8 heteroatoms. The number of amides is 1. The summed E-state index contributed by atoms with van der Waals surface area (Å²) in [6.45, 7) is 5.91. The maximum absolute atomic E-state index is 12.7. The summed E-state index contributed by atoms with van der Waals surface area (Å²) in [7, 11) is 0. The molecule has 1 amide bonds. The molecule has 1 saturated carbocycles. The first-order chi connectivity index (χ1) is 20.8. The number of nitrogens with zero attached hydrogens (tertiary/aromatic N) is 4. The molecular formula is C35H33N5O3. The van der Waals surface area contributed by atoms with Crippen molar-refractivity contribution < 1.29 is 14.3 Å². The average Bonchev–Trinajstić information content (AvgIpc) is 3.43. The molecule has 43 heavy (non-hydrogen) atoms. The number of nitrogens with one attached hydrogen (secondary N) is 1. The number of pyridine rings is 1. The molecule has 7 rings (SSSR count). The quantitative estimate of drug-likeness (QED) is 0.235. The number of hydrogen-bond donors (Lipinski definition) is 1. The molecule has 0 atom stereocenters. The summed E-state index contributed by atoms with van der Waals surface area (Å²) in [5, 5.41) is 12.1. The molecule has 0 bridgehead atoms. The molecule has 0 saturated heterocycles. The van der Waals surface area contributed by atoms with Crippen LogP contribution in [0, 0.1) is 0 Å². The van der Waals surface area contributed by atoms with E-state index < -0.39 is 11.1 Å². The first-order valence-corrected chi connectivity index (χ1v) is 14.7. The van der Waals surface area contributed by atoms with Crippen molar-refractivity contribution in [2.45, 2.75) is 57.8 Å². The van der Waals surface area contributed by atoms with Gasteiger partial charge in [-0.3, -0.25) is 4.57 Å². The van der Waals surface area contributed by atoms with E-state index >= 15 is 0 Å². The smallest absolute Gasteiger partial charge is 0.408 e. The van der Waals surface area contributed by atoms with Gasteiger partial charge in [0, 0.05) is 16.7 Å². The van der Waals surface area contributed by atoms with Crippen LogP contribution < -0.4 is 10.1 Å². The Kier molecular flexibility index (Phi) is 6.49. The van der Waals surface area contributed by atoms with Crippen LogP contribution in [0.5, 0.6) is 5.88 Å². The maximum atomic E-state index is 12.7. The van der Waals surface area contributed by atoms with E-state index in [0.717, 1.165) is 70.1 Å². The molecule has 8 nitrogen and oxygen atoms in total. The van der Waals surface area contributed by atoms with Crippen LogP contribution in [0.1, 0.15) is 51.4 Å². The van der Waals surface area contributed by atoms with Gasteiger partial charge in [-0.1, -0.05) is 84.9 Å². The molecule has 1 aliphatic heterocycles. The highest BCUT2D eigenvalue weighted by Crippen LogP contribution is 2.44. The molecule has 0 spiro atoms. The molecule has 3 heterocycles. The summed E-state index contributed by atoms with van der Waals surface area (Å²) in [6, 6.07) is 30.7. The fourth-order valence-electron chi connectivity index (χ4n) is 5.84. The van der Waals surface area contributed by atoms with E-state index in [9.17, 15) is 4.79 Å². The van der Waals surface area contributed by atoms with E-state index in [4.69, 9.17) is 14.5 Å². The molecule has 3 aromatic carbocycles. The Balaban J connectivity index is 1.29. The zero-order chi connectivity index (χ0) is 29.6. The summed E-state index contributed by atoms with van der Waals surface area (Å²) in [4.78, 5) is 17.8. The molecule has 2 aromatic heterocycles. The van der Waals surface area contributed by atoms with Gasteiger partial charge in [0.1, 0.15) is 11.3 Å². The highest BCUT2D eigenvalue weighted by atomic mass is 16.6. The van der Waals surface area contributed by atoms with Crippen LogP contribution in [0.2, 0.25) is 0 Å². The van der Waals surface area contributed by atoms with E-state index in [1.807, 2.05) is 73.9 Å². The standard InChI is InChI=1S/C35H33N5O3/c1-34(2,3)43-33(41)37-35(19-10-20-35)26-17-15-24(16-18-26)30-27(23-11-6-4-7-12-23)21-28-32(36-30)42-22-29-38-39-31(40(28)29)25-13-8-5-9-14-25/h4-9,11-18,21H,10,19-20,22H2,1-3H3,(H,37,41). The number of rotatable bonds is 5. The van der Waals surface area contributed by atoms with Gasteiger partial charge in [-0.2, -0.15) is 0 Å². The maximum Gasteiger partial charge on any atom is 0.408 e. The Morgan fingerprint density at radius 1 is 0.884 bits per heavy atom. The first-order valence-electron chi connectivity index (χ1n) is 14.7. The van der Waals surface area contributed by atoms with Crippen molar-refractivity contribution in [3.63, 3.8) is 0 Å². The highest BCUT2D eigenvalue weighted by Gasteiger charge is 2.41. The number of alkyl carbamates (subject to hydrolysis) is 1. The highest BCUT2D eigenvalue weighted by molar-refractivity contribution is 5.84. The van der Waals surface area contributed by atoms with Gasteiger partial charge in [0.2, 0.25) is 5.88 Å². The summed E-state index contributed by atoms with van der Waals surface area (Å²) in [5.74, 6) is 2.01. The van der Waals surface area contributed by atoms with Crippen LogP contribution in [-0.4, -0.2) is 31.4 Å². The van der Waals surface area contributed by atoms with Gasteiger partial charge < -0.3 is 14.8 Å². The Labute approximate surface area is 250 Å². The molecule has 1 N–H and O–H groups in total. The van der Waals surface area contributed by atoms with Crippen LogP contribution in [0.3, 0.4) is 0 Å². The average molecular weight is 572 g/mol. The number of carbonyl (C=O) groups excluding carboxylic acids is 1. The van der Waals surface area contributed by atoms with Crippen LogP contribution in [0.25, 0.3) is 39.5 Å². The summed E-state index contributed by atoms with van der Waals surface area (Å²) < 4.78 is 13.8. The van der Waals surface area contributed by atoms with Crippen molar-refractivity contribution in [2.24, 2.45) is 0 Å². The minimum absolute atomic E-state index is 0.280. The number of fused-ring (bicyclic) bond motifs is 3. The van der Waals surface area contributed by atoms with Gasteiger partial charge in [-0.15, -0.1) is 10.2 Å². The second kappa shape index (κ2) is 10.4. The molecule has 216 valence electrons. The molecule has 5 aromatic rings. The largest absolute Gasteiger partial charge is 0.468 e. The Hall–Kier alpha value is -4.98. The lowest BCUT2D eigenvalue weighted by Crippen LogP contribution is -2.52. The van der Waals surface area contributed by atoms with Crippen molar-refractivity contribution in [3.05, 3.63) is 102 Å². The predicted octanol–water partition coefficient (Wildman–Crippen LogP) is 7.46. The van der Waals surface area contributed by atoms with Crippen molar-refractivity contribution >= 4 is 6.09 Å². The van der Waals surface area contributed by atoms with E-state index in [1.165, 1.54) is 0 Å². The van der Waals surface area contributed by atoms with E-state index in [-0.39, 0.29) is 12.7 Å². The fourth-order valence-corrected chi connectivity index (χ4v) is 5.84. The summed E-state index contributed by atoms with van der Waals surface area (Å²) >= 11 is 0. The lowest BCUT2D eigenvalue weighted by Gasteiger charge is -2.43. The first kappa shape index (κ1) is 26.9. The van der Waals surface area contributed by atoms with Gasteiger partial charge in [0.25, 0.3) is 0 Å². The Bertz CT molecular complexity index is 1790. The number of carbonyl (C=O) groups is 1. The lowest BCUT2D eigenvalue weighted by atomic mass is 9.71. The van der Waals surface area contributed by atoms with Crippen molar-refractivity contribution in [3.8, 4) is 45.3 Å². The van der Waals surface area contributed by atoms with E-state index in [1.54, 1.807) is 0 Å². The molecule has 1 aliphatic carbocycles. The Morgan fingerprint density at radius 2 is 1.56 bits per heavy atom. The van der Waals surface area contributed by atoms with Crippen LogP contribution >= 0.6 is 0 Å². The second-order valence-electron chi connectivity index (χ2n) is 12.1. The van der Waals surface area contributed by atoms with E-state index in [0.29, 0.717) is 5.88 Å². The summed E-state index contributed by atoms with van der Waals surface area (Å²) in [5.41, 5.74) is 5.65. The third kappa shape index (κ3) is 5.03. The zero-order valence-corrected chi connectivity index (χ0v) is 24.5. The van der Waals surface area contributed by atoms with Crippen LogP contribution in [0.4, 0.5) is 4.79 Å². The monoisotopic (exact) mass is 571 g/mol. The third-order valence-electron chi connectivity index (χ3n) is 8.05. The minimum atomic E-state index is -0.553. The predicted molar refractivity (Wildman–Crippen MR) is 165 cm³/mol. The topological polar surface area (TPSA) is 91.2 Å². The van der Waals surface area contributed by atoms with Crippen molar-refractivity contribution in [2.75, 3.05) is 0 Å². The molecular weight excluding hydrogens is 538 g/mol. The molecule has 0 radical (unpaired) electrons. The SMILES string of the molecule is CC(C)(C)OC(=O)NC1(c2ccc(-c3nc4c(cc3-c3ccccc3)-n3c(nnc3-c3ccccc3)CO4)cc2)CCC1. The summed E-state index contributed by atoms with van der Waals surface area (Å²) in [6.07, 6.45) is 2.41. The van der Waals surface area contributed by atoms with E-state index in [2.05, 4.69) is 58.0 Å². The third-order valence-corrected chi connectivity index (χ3v) is 8.05. The van der Waals surface area contributed by atoms with Crippen molar-refractivity contribution in [1.29, 1.82) is 0 Å². The van der Waals surface area contributed by atoms with Crippen molar-refractivity contribution in [1.82, 2.24) is 25.1 Å². The number of ether oxygens (including phenoxy) is 2. The van der Waals surface area contributed by atoms with Crippen LogP contribution in [-0.2, 0) is 16.9 Å². The second-order valence-corrected chi connectivity index (χ2v) is 12.1. The van der Waals surface area contributed by atoms with Crippen LogP contribution in [0.15, 0.2) is 91.0 Å². The van der Waals surface area contributed by atoms with Gasteiger partial charge >= 0.3 is 6.09 Å². The number of benzene rings is 3. The van der Waals surface area contributed by atoms with Gasteiger partial charge in [-0.25, -0.2) is 9.78 Å². The van der Waals surface area contributed by atoms with Gasteiger partial charge in [0.15, 0.2) is 18.3 Å². The van der Waals surface area contributed by atoms with Gasteiger partial charge in [-0.05, 0) is 57.2 Å². The minimum Gasteiger partial charge on any atom is -0.468 e. The fraction of sp³-hybridized carbons (Fsp3) is 0.257. The zero-order valence-electron chi connectivity index (χ0n) is 24.5. The molecule has 0 unspecified atom stereocenters.